The number of carboxylic acids is 1. The zero-order chi connectivity index (χ0) is 17.1. The van der Waals surface area contributed by atoms with Gasteiger partial charge < -0.3 is 20.1 Å². The first-order chi connectivity index (χ1) is 9.89. The van der Waals surface area contributed by atoms with Crippen LogP contribution in [0.3, 0.4) is 0 Å². The van der Waals surface area contributed by atoms with E-state index in [2.05, 4.69) is 5.32 Å². The molecule has 0 bridgehead atoms. The van der Waals surface area contributed by atoms with Gasteiger partial charge in [-0.2, -0.15) is 0 Å². The lowest BCUT2D eigenvalue weighted by molar-refractivity contribution is -0.143. The number of halogens is 2. The minimum absolute atomic E-state index is 0.134. The molecule has 1 aliphatic rings. The Kier molecular flexibility index (Phi) is 5.31. The normalized spacial score (nSPS) is 18.7. The van der Waals surface area contributed by atoms with E-state index < -0.39 is 54.9 Å². The molecule has 22 heavy (non-hydrogen) atoms. The maximum atomic E-state index is 13.0. The van der Waals surface area contributed by atoms with Gasteiger partial charge in [-0.3, -0.25) is 4.79 Å². The summed E-state index contributed by atoms with van der Waals surface area (Å²) < 4.78 is 31.0. The molecule has 0 aromatic carbocycles. The summed E-state index contributed by atoms with van der Waals surface area (Å²) in [5, 5.41) is 11.1. The molecule has 1 atom stereocenters. The second-order valence-electron chi connectivity index (χ2n) is 6.16. The maximum absolute atomic E-state index is 13.0. The number of amides is 2. The van der Waals surface area contributed by atoms with Crippen molar-refractivity contribution in [1.82, 2.24) is 10.2 Å². The summed E-state index contributed by atoms with van der Waals surface area (Å²) in [6.07, 6.45) is -2.04. The largest absolute Gasteiger partial charge is 0.480 e. The van der Waals surface area contributed by atoms with Crippen LogP contribution in [0.15, 0.2) is 0 Å². The number of alkyl halides is 2. The minimum atomic E-state index is -2.95. The Hall–Kier alpha value is -1.93. The van der Waals surface area contributed by atoms with Gasteiger partial charge in [-0.1, -0.05) is 0 Å². The van der Waals surface area contributed by atoms with E-state index in [-0.39, 0.29) is 6.54 Å². The van der Waals surface area contributed by atoms with Crippen molar-refractivity contribution in [3.8, 4) is 0 Å². The fourth-order valence-electron chi connectivity index (χ4n) is 1.90. The number of ether oxygens (including phenoxy) is 1. The third kappa shape index (κ3) is 5.82. The van der Waals surface area contributed by atoms with Crippen molar-refractivity contribution in [2.45, 2.75) is 51.2 Å². The summed E-state index contributed by atoms with van der Waals surface area (Å²) in [7, 11) is 0. The molecule has 0 spiro atoms. The number of likely N-dealkylation sites (tertiary alicyclic amines) is 1. The highest BCUT2D eigenvalue weighted by Crippen LogP contribution is 2.27. The molecule has 126 valence electrons. The van der Waals surface area contributed by atoms with E-state index in [9.17, 15) is 23.2 Å². The van der Waals surface area contributed by atoms with Crippen molar-refractivity contribution in [2.75, 3.05) is 13.1 Å². The quantitative estimate of drug-likeness (QED) is 0.811. The highest BCUT2D eigenvalue weighted by Gasteiger charge is 2.41. The summed E-state index contributed by atoms with van der Waals surface area (Å²) in [4.78, 5) is 35.4. The van der Waals surface area contributed by atoms with Crippen molar-refractivity contribution < 1.29 is 33.0 Å². The summed E-state index contributed by atoms with van der Waals surface area (Å²) in [5.41, 5.74) is -0.825. The molecule has 0 saturated carbocycles. The number of hydrogen-bond donors (Lipinski definition) is 2. The molecular formula is C13H20F2N2O5. The number of nitrogens with one attached hydrogen (secondary N) is 1. The first kappa shape index (κ1) is 18.1. The van der Waals surface area contributed by atoms with Crippen LogP contribution < -0.4 is 5.32 Å². The maximum Gasteiger partial charge on any atom is 0.408 e. The lowest BCUT2D eigenvalue weighted by atomic mass is 10.2. The van der Waals surface area contributed by atoms with Gasteiger partial charge in [-0.05, 0) is 20.8 Å². The predicted molar refractivity (Wildman–Crippen MR) is 71.6 cm³/mol. The van der Waals surface area contributed by atoms with Gasteiger partial charge in [0.25, 0.3) is 5.92 Å². The molecular weight excluding hydrogens is 302 g/mol. The van der Waals surface area contributed by atoms with Crippen LogP contribution in [0.2, 0.25) is 0 Å². The lowest BCUT2D eigenvalue weighted by Crippen LogP contribution is -2.46. The Morgan fingerprint density at radius 2 is 1.95 bits per heavy atom. The third-order valence-electron chi connectivity index (χ3n) is 2.89. The third-order valence-corrected chi connectivity index (χ3v) is 2.89. The molecule has 2 amide bonds. The van der Waals surface area contributed by atoms with E-state index in [4.69, 9.17) is 9.84 Å². The number of carbonyl (C=O) groups excluding carboxylic acids is 2. The molecule has 7 nitrogen and oxygen atoms in total. The molecule has 1 saturated heterocycles. The fraction of sp³-hybridized carbons (Fsp3) is 0.769. The van der Waals surface area contributed by atoms with Crippen LogP contribution in [0.5, 0.6) is 0 Å². The Bertz CT molecular complexity index is 462. The molecule has 1 unspecified atom stereocenters. The van der Waals surface area contributed by atoms with Crippen molar-refractivity contribution in [3.63, 3.8) is 0 Å². The lowest BCUT2D eigenvalue weighted by Gasteiger charge is -2.23. The average Bonchev–Trinajstić information content (AvgIpc) is 2.66. The summed E-state index contributed by atoms with van der Waals surface area (Å²) in [6.45, 7) is 3.93. The van der Waals surface area contributed by atoms with Gasteiger partial charge in [0.1, 0.15) is 11.6 Å². The number of carboxylic acid groups (broad SMARTS) is 1. The number of rotatable bonds is 4. The van der Waals surface area contributed by atoms with Gasteiger partial charge in [-0.25, -0.2) is 18.4 Å². The zero-order valence-electron chi connectivity index (χ0n) is 12.7. The van der Waals surface area contributed by atoms with Crippen molar-refractivity contribution in [3.05, 3.63) is 0 Å². The Balaban J connectivity index is 2.60. The highest BCUT2D eigenvalue weighted by molar-refractivity contribution is 5.87. The molecule has 0 aliphatic carbocycles. The SMILES string of the molecule is CC(C)(C)OC(=O)NC(CC(=O)N1CCC(F)(F)C1)C(=O)O. The van der Waals surface area contributed by atoms with E-state index in [1.807, 2.05) is 0 Å². The zero-order valence-corrected chi connectivity index (χ0v) is 12.7. The van der Waals surface area contributed by atoms with Gasteiger partial charge in [0, 0.05) is 13.0 Å². The molecule has 2 N–H and O–H groups in total. The molecule has 1 heterocycles. The number of hydrogen-bond acceptors (Lipinski definition) is 4. The van der Waals surface area contributed by atoms with Gasteiger partial charge in [0.15, 0.2) is 0 Å². The smallest absolute Gasteiger partial charge is 0.408 e. The van der Waals surface area contributed by atoms with E-state index >= 15 is 0 Å². The molecule has 0 radical (unpaired) electrons. The van der Waals surface area contributed by atoms with Gasteiger partial charge in [0.05, 0.1) is 13.0 Å². The standard InChI is InChI=1S/C13H20F2N2O5/c1-12(2,3)22-11(21)16-8(10(19)20)6-9(18)17-5-4-13(14,15)7-17/h8H,4-7H2,1-3H3,(H,16,21)(H,19,20). The predicted octanol–water partition coefficient (Wildman–Crippen LogP) is 1.22. The van der Waals surface area contributed by atoms with Crippen LogP contribution in [-0.4, -0.2) is 58.6 Å². The van der Waals surface area contributed by atoms with Gasteiger partial charge in [0.2, 0.25) is 5.91 Å². The number of aliphatic carboxylic acids is 1. The Labute approximate surface area is 126 Å². The van der Waals surface area contributed by atoms with Crippen LogP contribution in [0, 0.1) is 0 Å². The summed E-state index contributed by atoms with van der Waals surface area (Å²) in [5.74, 6) is -5.14. The van der Waals surface area contributed by atoms with E-state index in [0.717, 1.165) is 4.90 Å². The van der Waals surface area contributed by atoms with E-state index in [1.165, 1.54) is 0 Å². The minimum Gasteiger partial charge on any atom is -0.480 e. The van der Waals surface area contributed by atoms with E-state index in [0.29, 0.717) is 0 Å². The summed E-state index contributed by atoms with van der Waals surface area (Å²) >= 11 is 0. The van der Waals surface area contributed by atoms with Crippen LogP contribution in [-0.2, 0) is 14.3 Å². The van der Waals surface area contributed by atoms with Crippen LogP contribution in [0.4, 0.5) is 13.6 Å². The fourth-order valence-corrected chi connectivity index (χ4v) is 1.90. The van der Waals surface area contributed by atoms with Gasteiger partial charge in [-0.15, -0.1) is 0 Å². The first-order valence-corrected chi connectivity index (χ1v) is 6.77. The monoisotopic (exact) mass is 322 g/mol. The number of carbonyl (C=O) groups is 3. The average molecular weight is 322 g/mol. The van der Waals surface area contributed by atoms with Crippen molar-refractivity contribution in [2.24, 2.45) is 0 Å². The Morgan fingerprint density at radius 3 is 2.36 bits per heavy atom. The van der Waals surface area contributed by atoms with Crippen molar-refractivity contribution >= 4 is 18.0 Å². The second kappa shape index (κ2) is 6.45. The molecule has 0 aromatic heterocycles. The highest BCUT2D eigenvalue weighted by atomic mass is 19.3. The van der Waals surface area contributed by atoms with E-state index in [1.54, 1.807) is 20.8 Å². The molecule has 1 rings (SSSR count). The number of nitrogens with zero attached hydrogens (tertiary/aromatic N) is 1. The van der Waals surface area contributed by atoms with Gasteiger partial charge >= 0.3 is 12.1 Å². The van der Waals surface area contributed by atoms with Crippen LogP contribution in [0.25, 0.3) is 0 Å². The van der Waals surface area contributed by atoms with Crippen LogP contribution in [0.1, 0.15) is 33.6 Å². The second-order valence-corrected chi connectivity index (χ2v) is 6.16. The Morgan fingerprint density at radius 1 is 1.36 bits per heavy atom. The van der Waals surface area contributed by atoms with Crippen molar-refractivity contribution in [1.29, 1.82) is 0 Å². The molecule has 1 fully saturated rings. The molecule has 1 aliphatic heterocycles. The summed E-state index contributed by atoms with van der Waals surface area (Å²) in [6, 6.07) is -1.53. The first-order valence-electron chi connectivity index (χ1n) is 6.77. The number of alkyl carbamates (subject to hydrolysis) is 1. The molecule has 9 heteroatoms. The molecule has 0 aromatic rings. The topological polar surface area (TPSA) is 95.9 Å². The van der Waals surface area contributed by atoms with Crippen LogP contribution >= 0.6 is 0 Å².